The van der Waals surface area contributed by atoms with Crippen molar-refractivity contribution in [3.8, 4) is 17.2 Å². The van der Waals surface area contributed by atoms with Crippen molar-refractivity contribution in [2.75, 3.05) is 27.4 Å². The molecule has 2 aromatic carbocycles. The lowest BCUT2D eigenvalue weighted by molar-refractivity contribution is -0.0515. The monoisotopic (exact) mass is 381 g/mol. The van der Waals surface area contributed by atoms with Crippen molar-refractivity contribution in [3.05, 3.63) is 53.6 Å². The van der Waals surface area contributed by atoms with Crippen LogP contribution in [-0.4, -0.2) is 40.0 Å². The summed E-state index contributed by atoms with van der Waals surface area (Å²) in [5.41, 5.74) is 0.788. The van der Waals surface area contributed by atoms with Gasteiger partial charge >= 0.3 is 6.61 Å². The average molecular weight is 381 g/mol. The largest absolute Gasteiger partial charge is 0.493 e. The van der Waals surface area contributed by atoms with Crippen LogP contribution in [0.3, 0.4) is 0 Å². The van der Waals surface area contributed by atoms with Crippen LogP contribution in [0.1, 0.15) is 15.9 Å². The second-order valence-electron chi connectivity index (χ2n) is 5.38. The molecule has 6 nitrogen and oxygen atoms in total. The number of para-hydroxylation sites is 1. The Balaban J connectivity index is 2.01. The molecule has 0 fully saturated rings. The number of benzene rings is 2. The smallest absolute Gasteiger partial charge is 0.387 e. The third-order valence-electron chi connectivity index (χ3n) is 3.58. The quantitative estimate of drug-likeness (QED) is 0.640. The number of carbonyl (C=O) groups excluding carboxylic acids is 1. The highest BCUT2D eigenvalue weighted by molar-refractivity contribution is 5.97. The molecule has 0 saturated carbocycles. The number of methoxy groups -OCH3 is 2. The second kappa shape index (κ2) is 10.3. The van der Waals surface area contributed by atoms with Crippen molar-refractivity contribution >= 4 is 5.91 Å². The summed E-state index contributed by atoms with van der Waals surface area (Å²) < 4.78 is 45.1. The summed E-state index contributed by atoms with van der Waals surface area (Å²) in [5, 5.41) is 2.67. The average Bonchev–Trinajstić information content (AvgIpc) is 2.67. The first-order valence-electron chi connectivity index (χ1n) is 8.15. The van der Waals surface area contributed by atoms with Crippen molar-refractivity contribution in [1.29, 1.82) is 0 Å². The van der Waals surface area contributed by atoms with Crippen LogP contribution < -0.4 is 19.5 Å². The van der Waals surface area contributed by atoms with E-state index in [1.807, 2.05) is 0 Å². The molecule has 1 amide bonds. The van der Waals surface area contributed by atoms with E-state index in [0.717, 1.165) is 5.56 Å². The van der Waals surface area contributed by atoms with Crippen LogP contribution in [0.4, 0.5) is 8.78 Å². The van der Waals surface area contributed by atoms with E-state index in [4.69, 9.17) is 14.2 Å². The first kappa shape index (κ1) is 20.4. The lowest BCUT2D eigenvalue weighted by Crippen LogP contribution is -2.24. The van der Waals surface area contributed by atoms with Crippen LogP contribution in [-0.2, 0) is 11.3 Å². The molecule has 2 rings (SSSR count). The Labute approximate surface area is 156 Å². The van der Waals surface area contributed by atoms with Crippen LogP contribution in [0.5, 0.6) is 17.2 Å². The number of alkyl halides is 2. The van der Waals surface area contributed by atoms with E-state index in [-0.39, 0.29) is 23.6 Å². The molecule has 0 aliphatic rings. The molecule has 0 radical (unpaired) electrons. The molecular formula is C19H21F2NO5. The van der Waals surface area contributed by atoms with Gasteiger partial charge in [0.25, 0.3) is 5.91 Å². The standard InChI is InChI=1S/C19H21F2NO5/c1-24-10-11-26-14-8-6-13(7-9-14)12-22-18(23)15-4-3-5-16(25-2)17(15)27-19(20)21/h3-9,19H,10-12H2,1-2H3,(H,22,23). The van der Waals surface area contributed by atoms with E-state index in [2.05, 4.69) is 10.1 Å². The Morgan fingerprint density at radius 1 is 1.07 bits per heavy atom. The zero-order valence-electron chi connectivity index (χ0n) is 15.0. The first-order valence-corrected chi connectivity index (χ1v) is 8.15. The molecule has 8 heteroatoms. The van der Waals surface area contributed by atoms with Crippen LogP contribution in [0, 0.1) is 0 Å². The minimum absolute atomic E-state index is 0.0332. The van der Waals surface area contributed by atoms with E-state index in [1.165, 1.54) is 25.3 Å². The zero-order valence-corrected chi connectivity index (χ0v) is 15.0. The van der Waals surface area contributed by atoms with Crippen molar-refractivity contribution in [3.63, 3.8) is 0 Å². The summed E-state index contributed by atoms with van der Waals surface area (Å²) >= 11 is 0. The zero-order chi connectivity index (χ0) is 19.6. The number of carbonyl (C=O) groups is 1. The van der Waals surface area contributed by atoms with Gasteiger partial charge in [0, 0.05) is 13.7 Å². The van der Waals surface area contributed by atoms with E-state index < -0.39 is 12.5 Å². The highest BCUT2D eigenvalue weighted by atomic mass is 19.3. The predicted octanol–water partition coefficient (Wildman–Crippen LogP) is 3.25. The fourth-order valence-electron chi connectivity index (χ4n) is 2.29. The Morgan fingerprint density at radius 2 is 1.81 bits per heavy atom. The minimum Gasteiger partial charge on any atom is -0.493 e. The topological polar surface area (TPSA) is 66.0 Å². The number of nitrogens with one attached hydrogen (secondary N) is 1. The second-order valence-corrected chi connectivity index (χ2v) is 5.38. The van der Waals surface area contributed by atoms with Gasteiger partial charge in [0.05, 0.1) is 19.3 Å². The minimum atomic E-state index is -3.07. The highest BCUT2D eigenvalue weighted by Gasteiger charge is 2.20. The number of hydrogen-bond donors (Lipinski definition) is 1. The molecule has 0 aliphatic heterocycles. The Morgan fingerprint density at radius 3 is 2.44 bits per heavy atom. The van der Waals surface area contributed by atoms with Crippen molar-refractivity contribution < 1.29 is 32.5 Å². The number of ether oxygens (including phenoxy) is 4. The van der Waals surface area contributed by atoms with Gasteiger partial charge in [0.1, 0.15) is 12.4 Å². The molecule has 0 saturated heterocycles. The summed E-state index contributed by atoms with van der Waals surface area (Å²) in [6.45, 7) is -1.93. The molecule has 0 spiro atoms. The summed E-state index contributed by atoms with van der Waals surface area (Å²) in [5.74, 6) is -0.109. The van der Waals surface area contributed by atoms with Crippen molar-refractivity contribution in [2.45, 2.75) is 13.2 Å². The number of hydrogen-bond acceptors (Lipinski definition) is 5. The van der Waals surface area contributed by atoms with Gasteiger partial charge in [-0.25, -0.2) is 0 Å². The van der Waals surface area contributed by atoms with E-state index in [0.29, 0.717) is 19.0 Å². The van der Waals surface area contributed by atoms with Crippen LogP contribution in [0.2, 0.25) is 0 Å². The molecule has 0 atom stereocenters. The van der Waals surface area contributed by atoms with Gasteiger partial charge in [-0.05, 0) is 29.8 Å². The number of halogens is 2. The summed E-state index contributed by atoms with van der Waals surface area (Å²) in [4.78, 5) is 12.4. The fourth-order valence-corrected chi connectivity index (χ4v) is 2.29. The molecule has 0 aromatic heterocycles. The Bertz CT molecular complexity index is 737. The molecule has 1 N–H and O–H groups in total. The highest BCUT2D eigenvalue weighted by Crippen LogP contribution is 2.32. The van der Waals surface area contributed by atoms with Gasteiger partial charge in [-0.15, -0.1) is 0 Å². The molecule has 0 unspecified atom stereocenters. The maximum Gasteiger partial charge on any atom is 0.387 e. The van der Waals surface area contributed by atoms with Crippen molar-refractivity contribution in [1.82, 2.24) is 5.32 Å². The van der Waals surface area contributed by atoms with Gasteiger partial charge in [0.2, 0.25) is 0 Å². The summed E-state index contributed by atoms with van der Waals surface area (Å²) in [7, 11) is 2.90. The lowest BCUT2D eigenvalue weighted by atomic mass is 10.1. The third kappa shape index (κ3) is 6.10. The molecule has 27 heavy (non-hydrogen) atoms. The molecule has 146 valence electrons. The number of amides is 1. The fraction of sp³-hybridized carbons (Fsp3) is 0.316. The normalized spacial score (nSPS) is 10.6. The van der Waals surface area contributed by atoms with Crippen LogP contribution in [0.25, 0.3) is 0 Å². The molecule has 0 bridgehead atoms. The third-order valence-corrected chi connectivity index (χ3v) is 3.58. The van der Waals surface area contributed by atoms with E-state index >= 15 is 0 Å². The van der Waals surface area contributed by atoms with Gasteiger partial charge in [-0.2, -0.15) is 8.78 Å². The Hall–Kier alpha value is -2.87. The van der Waals surface area contributed by atoms with E-state index in [1.54, 1.807) is 31.4 Å². The molecular weight excluding hydrogens is 360 g/mol. The first-order chi connectivity index (χ1) is 13.0. The molecule has 2 aromatic rings. The van der Waals surface area contributed by atoms with Gasteiger partial charge in [0.15, 0.2) is 11.5 Å². The van der Waals surface area contributed by atoms with Crippen LogP contribution in [0.15, 0.2) is 42.5 Å². The SMILES string of the molecule is COCCOc1ccc(CNC(=O)c2cccc(OC)c2OC(F)F)cc1. The van der Waals surface area contributed by atoms with Gasteiger partial charge in [-0.3, -0.25) is 4.79 Å². The number of rotatable bonds is 10. The van der Waals surface area contributed by atoms with Crippen LogP contribution >= 0.6 is 0 Å². The summed E-state index contributed by atoms with van der Waals surface area (Å²) in [6, 6.07) is 11.5. The Kier molecular flexibility index (Phi) is 7.81. The predicted molar refractivity (Wildman–Crippen MR) is 94.6 cm³/mol. The van der Waals surface area contributed by atoms with Gasteiger partial charge in [-0.1, -0.05) is 18.2 Å². The summed E-state index contributed by atoms with van der Waals surface area (Å²) in [6.07, 6.45) is 0. The van der Waals surface area contributed by atoms with E-state index in [9.17, 15) is 13.6 Å². The molecule has 0 heterocycles. The van der Waals surface area contributed by atoms with Crippen molar-refractivity contribution in [2.24, 2.45) is 0 Å². The molecule has 0 aliphatic carbocycles. The maximum absolute atomic E-state index is 12.7. The van der Waals surface area contributed by atoms with Gasteiger partial charge < -0.3 is 24.3 Å². The maximum atomic E-state index is 12.7. The lowest BCUT2D eigenvalue weighted by Gasteiger charge is -2.14.